The number of sulfone groups is 1. The van der Waals surface area contributed by atoms with E-state index in [1.165, 1.54) is 0 Å². The van der Waals surface area contributed by atoms with Gasteiger partial charge in [0.05, 0.1) is 11.4 Å². The Hall–Kier alpha value is -0.130. The first-order chi connectivity index (χ1) is 6.35. The summed E-state index contributed by atoms with van der Waals surface area (Å²) in [5.74, 6) is 0.414. The van der Waals surface area contributed by atoms with E-state index in [4.69, 9.17) is 0 Å². The second-order valence-electron chi connectivity index (χ2n) is 4.26. The molecule has 0 aromatic heterocycles. The van der Waals surface area contributed by atoms with Crippen LogP contribution < -0.4 is 0 Å². The molecule has 0 amide bonds. The predicted molar refractivity (Wildman–Crippen MR) is 56.0 cm³/mol. The van der Waals surface area contributed by atoms with Crippen molar-refractivity contribution in [3.63, 3.8) is 0 Å². The van der Waals surface area contributed by atoms with Crippen molar-refractivity contribution in [2.75, 3.05) is 31.1 Å². The highest BCUT2D eigenvalue weighted by Crippen LogP contribution is 2.19. The first kappa shape index (κ1) is 11.9. The molecular weight excluding hydrogens is 202 g/mol. The molecule has 1 aliphatic heterocycles. The van der Waals surface area contributed by atoms with Gasteiger partial charge < -0.3 is 5.11 Å². The molecule has 1 atom stereocenters. The Labute approximate surface area is 85.8 Å². The van der Waals surface area contributed by atoms with Crippen LogP contribution in [0.3, 0.4) is 0 Å². The van der Waals surface area contributed by atoms with Crippen molar-refractivity contribution in [1.82, 2.24) is 4.90 Å². The maximum Gasteiger partial charge on any atom is 0.151 e. The summed E-state index contributed by atoms with van der Waals surface area (Å²) in [7, 11) is -2.87. The summed E-state index contributed by atoms with van der Waals surface area (Å²) in [6.07, 6.45) is 0.735. The third-order valence-electron chi connectivity index (χ3n) is 2.69. The summed E-state index contributed by atoms with van der Waals surface area (Å²) in [6, 6.07) is 0. The molecule has 0 radical (unpaired) electrons. The Morgan fingerprint density at radius 1 is 1.50 bits per heavy atom. The van der Waals surface area contributed by atoms with Gasteiger partial charge in [-0.25, -0.2) is 8.42 Å². The lowest BCUT2D eigenvalue weighted by molar-refractivity contribution is 0.0696. The number of hydrogen-bond donors (Lipinski definition) is 1. The van der Waals surface area contributed by atoms with Gasteiger partial charge in [0.15, 0.2) is 9.84 Å². The zero-order chi connectivity index (χ0) is 10.8. The molecule has 0 aromatic carbocycles. The number of rotatable bonds is 4. The fourth-order valence-electron chi connectivity index (χ4n) is 1.64. The second kappa shape index (κ2) is 4.16. The van der Waals surface area contributed by atoms with Crippen molar-refractivity contribution in [3.05, 3.63) is 0 Å². The molecule has 1 rings (SSSR count). The minimum absolute atomic E-state index is 0.206. The van der Waals surface area contributed by atoms with E-state index in [9.17, 15) is 13.5 Å². The van der Waals surface area contributed by atoms with E-state index in [0.717, 1.165) is 13.0 Å². The molecule has 0 bridgehead atoms. The molecule has 0 aliphatic carbocycles. The molecule has 1 heterocycles. The van der Waals surface area contributed by atoms with Gasteiger partial charge in [-0.1, -0.05) is 6.92 Å². The van der Waals surface area contributed by atoms with Gasteiger partial charge in [0, 0.05) is 25.4 Å². The molecule has 0 spiro atoms. The van der Waals surface area contributed by atoms with E-state index >= 15 is 0 Å². The Bertz CT molecular complexity index is 284. The lowest BCUT2D eigenvalue weighted by atomic mass is 10.1. The molecule has 0 saturated carbocycles. The number of nitrogens with zero attached hydrogens (tertiary/aromatic N) is 1. The average Bonchev–Trinajstić information content (AvgIpc) is 2.43. The molecular formula is C9H19NO3S. The highest BCUT2D eigenvalue weighted by Gasteiger charge is 2.31. The summed E-state index contributed by atoms with van der Waals surface area (Å²) in [4.78, 5) is 2.01. The number of aliphatic hydroxyl groups is 1. The lowest BCUT2D eigenvalue weighted by Crippen LogP contribution is -2.32. The highest BCUT2D eigenvalue weighted by molar-refractivity contribution is 7.91. The minimum Gasteiger partial charge on any atom is -0.389 e. The standard InChI is InChI=1S/C9H19NO3S/c1-3-14(12,13)7-6-10-5-4-9(2,11)8-10/h11H,3-8H2,1-2H3. The topological polar surface area (TPSA) is 57.6 Å². The zero-order valence-corrected chi connectivity index (χ0v) is 9.68. The molecule has 14 heavy (non-hydrogen) atoms. The van der Waals surface area contributed by atoms with E-state index in [1.807, 2.05) is 4.90 Å². The molecule has 0 aromatic rings. The summed E-state index contributed by atoms with van der Waals surface area (Å²) in [5, 5.41) is 9.66. The third-order valence-corrected chi connectivity index (χ3v) is 4.37. The van der Waals surface area contributed by atoms with Gasteiger partial charge in [-0.05, 0) is 13.3 Å². The van der Waals surface area contributed by atoms with Crippen molar-refractivity contribution in [2.45, 2.75) is 25.9 Å². The number of hydrogen-bond acceptors (Lipinski definition) is 4. The van der Waals surface area contributed by atoms with E-state index in [2.05, 4.69) is 0 Å². The third kappa shape index (κ3) is 3.55. The summed E-state index contributed by atoms with van der Waals surface area (Å²) in [6.45, 7) is 5.39. The Morgan fingerprint density at radius 2 is 2.14 bits per heavy atom. The van der Waals surface area contributed by atoms with Gasteiger partial charge in [0.2, 0.25) is 0 Å². The van der Waals surface area contributed by atoms with Crippen LogP contribution in [0.5, 0.6) is 0 Å². The first-order valence-electron chi connectivity index (χ1n) is 5.00. The molecule has 1 saturated heterocycles. The Kier molecular flexibility index (Phi) is 3.55. The monoisotopic (exact) mass is 221 g/mol. The summed E-state index contributed by atoms with van der Waals surface area (Å²) < 4.78 is 22.5. The van der Waals surface area contributed by atoms with Crippen LogP contribution in [0.1, 0.15) is 20.3 Å². The molecule has 84 valence electrons. The maximum absolute atomic E-state index is 11.2. The second-order valence-corrected chi connectivity index (χ2v) is 6.73. The number of likely N-dealkylation sites (tertiary alicyclic amines) is 1. The van der Waals surface area contributed by atoms with E-state index < -0.39 is 15.4 Å². The van der Waals surface area contributed by atoms with Crippen LogP contribution in [0.25, 0.3) is 0 Å². The Morgan fingerprint density at radius 3 is 2.57 bits per heavy atom. The van der Waals surface area contributed by atoms with Crippen LogP contribution in [0, 0.1) is 0 Å². The van der Waals surface area contributed by atoms with Crippen LogP contribution in [0.4, 0.5) is 0 Å². The lowest BCUT2D eigenvalue weighted by Gasteiger charge is -2.18. The molecule has 1 N–H and O–H groups in total. The van der Waals surface area contributed by atoms with Crippen LogP contribution in [-0.2, 0) is 9.84 Å². The van der Waals surface area contributed by atoms with Gasteiger partial charge in [-0.2, -0.15) is 0 Å². The fourth-order valence-corrected chi connectivity index (χ4v) is 2.47. The van der Waals surface area contributed by atoms with Gasteiger partial charge in [0.25, 0.3) is 0 Å². The summed E-state index contributed by atoms with van der Waals surface area (Å²) in [5.41, 5.74) is -0.629. The largest absolute Gasteiger partial charge is 0.389 e. The quantitative estimate of drug-likeness (QED) is 0.719. The normalized spacial score (nSPS) is 29.6. The maximum atomic E-state index is 11.2. The minimum atomic E-state index is -2.87. The SMILES string of the molecule is CCS(=O)(=O)CCN1CCC(C)(O)C1. The van der Waals surface area contributed by atoms with Crippen LogP contribution in [0.2, 0.25) is 0 Å². The molecule has 5 heteroatoms. The van der Waals surface area contributed by atoms with E-state index in [0.29, 0.717) is 13.1 Å². The first-order valence-corrected chi connectivity index (χ1v) is 6.82. The Balaban J connectivity index is 2.35. The van der Waals surface area contributed by atoms with Crippen molar-refractivity contribution in [2.24, 2.45) is 0 Å². The van der Waals surface area contributed by atoms with Gasteiger partial charge in [0.1, 0.15) is 0 Å². The van der Waals surface area contributed by atoms with Crippen molar-refractivity contribution in [3.8, 4) is 0 Å². The molecule has 1 aliphatic rings. The zero-order valence-electron chi connectivity index (χ0n) is 8.86. The van der Waals surface area contributed by atoms with E-state index in [1.54, 1.807) is 13.8 Å². The fraction of sp³-hybridized carbons (Fsp3) is 1.00. The average molecular weight is 221 g/mol. The molecule has 1 fully saturated rings. The number of β-amino-alcohol motifs (C(OH)–C–C–N with tert-alkyl or cyclic N) is 1. The van der Waals surface area contributed by atoms with Crippen LogP contribution in [-0.4, -0.2) is 55.2 Å². The highest BCUT2D eigenvalue weighted by atomic mass is 32.2. The molecule has 4 nitrogen and oxygen atoms in total. The van der Waals surface area contributed by atoms with Crippen molar-refractivity contribution < 1.29 is 13.5 Å². The summed E-state index contributed by atoms with van der Waals surface area (Å²) >= 11 is 0. The predicted octanol–water partition coefficient (Wildman–Crippen LogP) is -0.122. The van der Waals surface area contributed by atoms with Crippen molar-refractivity contribution in [1.29, 1.82) is 0 Å². The van der Waals surface area contributed by atoms with Gasteiger partial charge in [-0.15, -0.1) is 0 Å². The molecule has 1 unspecified atom stereocenters. The smallest absolute Gasteiger partial charge is 0.151 e. The van der Waals surface area contributed by atoms with Crippen molar-refractivity contribution >= 4 is 9.84 Å². The van der Waals surface area contributed by atoms with Gasteiger partial charge in [-0.3, -0.25) is 4.90 Å². The van der Waals surface area contributed by atoms with Gasteiger partial charge >= 0.3 is 0 Å². The van der Waals surface area contributed by atoms with Crippen LogP contribution >= 0.6 is 0 Å². The van der Waals surface area contributed by atoms with E-state index in [-0.39, 0.29) is 11.5 Å². The van der Waals surface area contributed by atoms with Crippen LogP contribution in [0.15, 0.2) is 0 Å².